The van der Waals surface area contributed by atoms with Gasteiger partial charge < -0.3 is 9.47 Å². The second-order valence-corrected chi connectivity index (χ2v) is 14.7. The van der Waals surface area contributed by atoms with E-state index in [0.717, 1.165) is 44.3 Å². The molecule has 0 unspecified atom stereocenters. The Balaban J connectivity index is 1.05. The van der Waals surface area contributed by atoms with Gasteiger partial charge in [-0.25, -0.2) is 0 Å². The topological polar surface area (TPSA) is 34.0 Å². The molecule has 0 amide bonds. The number of anilines is 3. The van der Waals surface area contributed by atoms with Crippen molar-refractivity contribution >= 4 is 71.4 Å². The van der Waals surface area contributed by atoms with Gasteiger partial charge >= 0.3 is 0 Å². The molecule has 0 fully saturated rings. The molecular weight excluding hydrogens is 645 g/mol. The van der Waals surface area contributed by atoms with Gasteiger partial charge in [-0.2, -0.15) is 0 Å². The van der Waals surface area contributed by atoms with Crippen LogP contribution in [0.2, 0.25) is 0 Å². The van der Waals surface area contributed by atoms with Crippen molar-refractivity contribution in [3.8, 4) is 16.8 Å². The quantitative estimate of drug-likeness (QED) is 0.174. The highest BCUT2D eigenvalue weighted by Crippen LogP contribution is 2.52. The molecule has 0 saturated heterocycles. The molecule has 0 aliphatic carbocycles. The summed E-state index contributed by atoms with van der Waals surface area (Å²) in [6, 6.07) is 57.4. The van der Waals surface area contributed by atoms with Crippen LogP contribution in [-0.2, 0) is 5.41 Å². The molecule has 4 nitrogen and oxygen atoms in total. The minimum absolute atomic E-state index is 0.113. The van der Waals surface area contributed by atoms with Crippen LogP contribution in [-0.4, -0.2) is 14.5 Å². The predicted molar refractivity (Wildman–Crippen MR) is 221 cm³/mol. The number of hydrogen-bond acceptors (Lipinski definition) is 3. The van der Waals surface area contributed by atoms with Gasteiger partial charge in [0.1, 0.15) is 0 Å². The second kappa shape index (κ2) is 11.1. The van der Waals surface area contributed by atoms with E-state index >= 15 is 0 Å². The van der Waals surface area contributed by atoms with Crippen molar-refractivity contribution in [1.29, 1.82) is 0 Å². The van der Waals surface area contributed by atoms with Gasteiger partial charge in [0, 0.05) is 50.7 Å². The summed E-state index contributed by atoms with van der Waals surface area (Å²) >= 11 is 0. The maximum Gasteiger partial charge on any atom is 0.0972 e. The van der Waals surface area contributed by atoms with Crippen LogP contribution < -0.4 is 4.90 Å². The van der Waals surface area contributed by atoms with Gasteiger partial charge in [-0.1, -0.05) is 117 Å². The molecule has 0 N–H and O–H groups in total. The molecule has 11 rings (SSSR count). The van der Waals surface area contributed by atoms with Gasteiger partial charge in [0.2, 0.25) is 0 Å². The summed E-state index contributed by atoms with van der Waals surface area (Å²) in [5.41, 5.74) is 13.8. The summed E-state index contributed by atoms with van der Waals surface area (Å²) in [6.45, 7) is 4.65. The van der Waals surface area contributed by atoms with Gasteiger partial charge in [0.15, 0.2) is 0 Å². The summed E-state index contributed by atoms with van der Waals surface area (Å²) in [6.07, 6.45) is 3.62. The van der Waals surface area contributed by atoms with Crippen LogP contribution in [0.15, 0.2) is 170 Å². The van der Waals surface area contributed by atoms with Crippen LogP contribution in [0.1, 0.15) is 25.0 Å². The minimum atomic E-state index is -0.113. The average Bonchev–Trinajstić information content (AvgIpc) is 3.55. The Hall–Kier alpha value is -6.78. The van der Waals surface area contributed by atoms with E-state index in [1.165, 1.54) is 55.1 Å². The standard InChI is InChI=1S/C49H34N4/c1-49(2)41-13-5-9-17-45(41)53(46-18-10-6-14-42(46)49)34-24-26-36-35-25-21-32(29-39(35)47-48(40(36)30-34)51-28-27-50-47)31-19-22-33(23-20-31)52-43-15-7-3-11-37(43)38-12-4-8-16-44(38)52/h3-30H,1-2H3. The molecule has 0 radical (unpaired) electrons. The van der Waals surface area contributed by atoms with E-state index in [2.05, 4.69) is 181 Å². The van der Waals surface area contributed by atoms with Gasteiger partial charge in [-0.05, 0) is 87.6 Å². The molecule has 1 aliphatic heterocycles. The molecule has 10 aromatic rings. The zero-order valence-electron chi connectivity index (χ0n) is 29.5. The third-order valence-corrected chi connectivity index (χ3v) is 11.5. The molecule has 1 aliphatic rings. The van der Waals surface area contributed by atoms with Gasteiger partial charge in [-0.15, -0.1) is 0 Å². The van der Waals surface area contributed by atoms with Crippen LogP contribution in [0, 0.1) is 0 Å². The lowest BCUT2D eigenvalue weighted by Crippen LogP contribution is -2.30. The van der Waals surface area contributed by atoms with Crippen LogP contribution in [0.3, 0.4) is 0 Å². The first-order valence-electron chi connectivity index (χ1n) is 18.2. The van der Waals surface area contributed by atoms with Crippen LogP contribution in [0.25, 0.3) is 71.2 Å². The zero-order chi connectivity index (χ0) is 35.3. The van der Waals surface area contributed by atoms with Gasteiger partial charge in [-0.3, -0.25) is 9.97 Å². The van der Waals surface area contributed by atoms with Crippen molar-refractivity contribution < 1.29 is 0 Å². The third-order valence-electron chi connectivity index (χ3n) is 11.5. The van der Waals surface area contributed by atoms with E-state index in [1.807, 2.05) is 12.4 Å². The van der Waals surface area contributed by atoms with Crippen molar-refractivity contribution in [2.24, 2.45) is 0 Å². The predicted octanol–water partition coefficient (Wildman–Crippen LogP) is 12.8. The molecular formula is C49H34N4. The summed E-state index contributed by atoms with van der Waals surface area (Å²) in [5, 5.41) is 7.08. The summed E-state index contributed by atoms with van der Waals surface area (Å²) < 4.78 is 2.36. The van der Waals surface area contributed by atoms with E-state index in [9.17, 15) is 0 Å². The Morgan fingerprint density at radius 1 is 0.415 bits per heavy atom. The van der Waals surface area contributed by atoms with Crippen molar-refractivity contribution in [3.05, 3.63) is 181 Å². The van der Waals surface area contributed by atoms with E-state index in [1.54, 1.807) is 0 Å². The lowest BCUT2D eigenvalue weighted by Gasteiger charge is -2.42. The molecule has 0 spiro atoms. The molecule has 0 bridgehead atoms. The number of para-hydroxylation sites is 4. The fourth-order valence-electron chi connectivity index (χ4n) is 8.94. The van der Waals surface area contributed by atoms with Gasteiger partial charge in [0.25, 0.3) is 0 Å². The SMILES string of the molecule is CC1(C)c2ccccc2N(c2ccc3c4ccc(-c5ccc(-n6c7ccccc7c7ccccc76)cc5)cc4c4nccnc4c3c2)c2ccccc21. The maximum atomic E-state index is 4.97. The number of hydrogen-bond donors (Lipinski definition) is 0. The van der Waals surface area contributed by atoms with Crippen molar-refractivity contribution in [3.63, 3.8) is 0 Å². The van der Waals surface area contributed by atoms with Crippen molar-refractivity contribution in [2.75, 3.05) is 4.90 Å². The Morgan fingerprint density at radius 3 is 1.53 bits per heavy atom. The highest BCUT2D eigenvalue weighted by atomic mass is 15.2. The van der Waals surface area contributed by atoms with E-state index in [4.69, 9.17) is 9.97 Å². The maximum absolute atomic E-state index is 4.97. The summed E-state index contributed by atoms with van der Waals surface area (Å²) in [5.74, 6) is 0. The number of nitrogens with zero attached hydrogens (tertiary/aromatic N) is 4. The smallest absolute Gasteiger partial charge is 0.0972 e. The Bertz CT molecular complexity index is 2970. The largest absolute Gasteiger partial charge is 0.310 e. The van der Waals surface area contributed by atoms with Crippen LogP contribution >= 0.6 is 0 Å². The number of benzene rings is 8. The fourth-order valence-corrected chi connectivity index (χ4v) is 8.94. The van der Waals surface area contributed by atoms with Crippen LogP contribution in [0.4, 0.5) is 17.1 Å². The molecule has 2 aromatic heterocycles. The lowest BCUT2D eigenvalue weighted by atomic mass is 9.73. The number of rotatable bonds is 3. The Morgan fingerprint density at radius 2 is 0.906 bits per heavy atom. The fraction of sp³-hybridized carbons (Fsp3) is 0.0612. The highest BCUT2D eigenvalue weighted by Gasteiger charge is 2.36. The van der Waals surface area contributed by atoms with E-state index in [0.29, 0.717) is 0 Å². The van der Waals surface area contributed by atoms with Gasteiger partial charge in [0.05, 0.1) is 33.4 Å². The third kappa shape index (κ3) is 4.30. The average molecular weight is 679 g/mol. The van der Waals surface area contributed by atoms with E-state index < -0.39 is 0 Å². The first-order valence-corrected chi connectivity index (χ1v) is 18.2. The van der Waals surface area contributed by atoms with Crippen LogP contribution in [0.5, 0.6) is 0 Å². The number of fused-ring (bicyclic) bond motifs is 11. The molecule has 0 atom stereocenters. The molecule has 53 heavy (non-hydrogen) atoms. The minimum Gasteiger partial charge on any atom is -0.310 e. The van der Waals surface area contributed by atoms with Crippen molar-refractivity contribution in [1.82, 2.24) is 14.5 Å². The molecule has 4 heteroatoms. The van der Waals surface area contributed by atoms with E-state index in [-0.39, 0.29) is 5.41 Å². The Kier molecular flexibility index (Phi) is 6.27. The zero-order valence-corrected chi connectivity index (χ0v) is 29.5. The molecule has 0 saturated carbocycles. The first-order chi connectivity index (χ1) is 26.1. The summed E-state index contributed by atoms with van der Waals surface area (Å²) in [4.78, 5) is 12.3. The Labute approximate surface area is 307 Å². The molecule has 3 heterocycles. The van der Waals surface area contributed by atoms with Crippen molar-refractivity contribution in [2.45, 2.75) is 19.3 Å². The normalized spacial score (nSPS) is 13.6. The summed E-state index contributed by atoms with van der Waals surface area (Å²) in [7, 11) is 0. The monoisotopic (exact) mass is 678 g/mol. The number of aromatic nitrogens is 3. The second-order valence-electron chi connectivity index (χ2n) is 14.7. The lowest BCUT2D eigenvalue weighted by molar-refractivity contribution is 0.632. The first kappa shape index (κ1) is 29.9. The molecule has 250 valence electrons. The highest BCUT2D eigenvalue weighted by molar-refractivity contribution is 6.24. The molecule has 8 aromatic carbocycles.